The maximum atomic E-state index is 14.7. The fourth-order valence-electron chi connectivity index (χ4n) is 3.42. The third-order valence-electron chi connectivity index (χ3n) is 5.24. The molecule has 0 saturated heterocycles. The number of benzene rings is 1. The molecule has 12 heteroatoms. The van der Waals surface area contributed by atoms with E-state index in [1.165, 1.54) is 25.3 Å². The van der Waals surface area contributed by atoms with Crippen LogP contribution in [0.1, 0.15) is 42.7 Å². The van der Waals surface area contributed by atoms with E-state index in [0.29, 0.717) is 5.75 Å². The molecule has 0 unspecified atom stereocenters. The molecule has 1 amide bonds. The molecule has 1 aliphatic heterocycles. The lowest BCUT2D eigenvalue weighted by Gasteiger charge is -2.36. The van der Waals surface area contributed by atoms with E-state index in [0.717, 1.165) is 6.07 Å². The first-order chi connectivity index (χ1) is 14.7. The molecule has 166 valence electrons. The van der Waals surface area contributed by atoms with Crippen molar-refractivity contribution in [1.29, 1.82) is 0 Å². The monoisotopic (exact) mass is 442 g/mol. The van der Waals surface area contributed by atoms with Crippen LogP contribution < -0.4 is 15.8 Å². The molecule has 1 aliphatic rings. The first kappa shape index (κ1) is 23.8. The second kappa shape index (κ2) is 8.22. The van der Waals surface area contributed by atoms with Crippen LogP contribution in [0.2, 0.25) is 0 Å². The zero-order chi connectivity index (χ0) is 23.9. The second-order valence-electron chi connectivity index (χ2n) is 9.34. The molecule has 6 nitrogen and oxygen atoms in total. The van der Waals surface area contributed by atoms with E-state index in [-0.39, 0.29) is 35.6 Å². The molecule has 0 radical (unpaired) electrons. The Hall–Kier alpha value is -2.91. The molecule has 0 fully saturated rings. The quantitative estimate of drug-likeness (QED) is 0.665. The molecule has 1 aromatic carbocycles. The van der Waals surface area contributed by atoms with Crippen LogP contribution in [0.4, 0.5) is 18.9 Å². The van der Waals surface area contributed by atoms with E-state index in [1.54, 1.807) is 13.0 Å². The van der Waals surface area contributed by atoms with Crippen molar-refractivity contribution in [3.8, 4) is 5.75 Å². The topological polar surface area (TPSA) is 89.6 Å². The Morgan fingerprint density at radius 2 is 1.91 bits per heavy atom. The molecule has 0 bridgehead atoms. The van der Waals surface area contributed by atoms with Crippen LogP contribution in [0, 0.1) is 11.6 Å². The summed E-state index contributed by atoms with van der Waals surface area (Å²) in [5.41, 5.74) is 2.61. The summed E-state index contributed by atoms with van der Waals surface area (Å²) in [5, 5.41) is 2.09. The van der Waals surface area contributed by atoms with E-state index < -0.39 is 34.0 Å². The summed E-state index contributed by atoms with van der Waals surface area (Å²) in [4.78, 5) is 20.8. The Morgan fingerprint density at radius 3 is 2.47 bits per heavy atom. The standard InChI is InChI=1S/C20H24B3F3N4O2/c1-18(26)5-6-19(2,30-17(18)27)12-7-10(8-13(24)15(12)25)29-16(31)14-4-3-11(9-28-14)32-20(21,22)23/h3-4,7-9H,5-6,21-23H2,1-2H3,(H2,27,30)(H,29,31)/t18-,19+/m1/s1. The maximum absolute atomic E-state index is 14.7. The summed E-state index contributed by atoms with van der Waals surface area (Å²) in [6.07, 6.45) is 1.53. The lowest BCUT2D eigenvalue weighted by molar-refractivity contribution is 0.102. The molecular formula is C20H24B3F3N4O2. The first-order valence-corrected chi connectivity index (χ1v) is 10.2. The Kier molecular flexibility index (Phi) is 6.10. The Labute approximate surface area is 187 Å². The van der Waals surface area contributed by atoms with Gasteiger partial charge in [-0.15, -0.1) is 0 Å². The van der Waals surface area contributed by atoms with Gasteiger partial charge in [-0.2, -0.15) is 0 Å². The number of ether oxygens (including phenoxy) is 1. The summed E-state index contributed by atoms with van der Waals surface area (Å²) >= 11 is 0. The van der Waals surface area contributed by atoms with Crippen molar-refractivity contribution >= 4 is 41.0 Å². The number of amidine groups is 1. The van der Waals surface area contributed by atoms with Gasteiger partial charge >= 0.3 is 0 Å². The highest BCUT2D eigenvalue weighted by Crippen LogP contribution is 2.41. The van der Waals surface area contributed by atoms with Gasteiger partial charge in [-0.1, -0.05) is 0 Å². The minimum atomic E-state index is -1.81. The number of rotatable bonds is 5. The van der Waals surface area contributed by atoms with Gasteiger partial charge in [-0.3, -0.25) is 9.79 Å². The average Bonchev–Trinajstić information content (AvgIpc) is 2.67. The molecule has 2 heterocycles. The predicted octanol–water partition coefficient (Wildman–Crippen LogP) is 0.596. The van der Waals surface area contributed by atoms with Gasteiger partial charge in [0.05, 0.1) is 11.7 Å². The smallest absolute Gasteiger partial charge is 0.274 e. The van der Waals surface area contributed by atoms with Gasteiger partial charge in [0.25, 0.3) is 5.91 Å². The lowest BCUT2D eigenvalue weighted by atomic mass is 9.52. The van der Waals surface area contributed by atoms with E-state index in [1.807, 2.05) is 23.5 Å². The highest BCUT2D eigenvalue weighted by atomic mass is 19.2. The van der Waals surface area contributed by atoms with Crippen LogP contribution >= 0.6 is 0 Å². The van der Waals surface area contributed by atoms with Gasteiger partial charge in [0.2, 0.25) is 0 Å². The third kappa shape index (κ3) is 5.11. The van der Waals surface area contributed by atoms with Gasteiger partial charge in [0.1, 0.15) is 40.8 Å². The van der Waals surface area contributed by atoms with Gasteiger partial charge < -0.3 is 15.8 Å². The molecule has 2 aromatic rings. The third-order valence-corrected chi connectivity index (χ3v) is 5.24. The molecule has 0 spiro atoms. The number of halogens is 3. The number of aliphatic imine (C=N–C) groups is 1. The summed E-state index contributed by atoms with van der Waals surface area (Å²) < 4.78 is 49.0. The first-order valence-electron chi connectivity index (χ1n) is 10.2. The number of alkyl halides is 1. The number of nitrogens with zero attached hydrogens (tertiary/aromatic N) is 2. The van der Waals surface area contributed by atoms with Gasteiger partial charge in [-0.05, 0) is 44.9 Å². The molecule has 32 heavy (non-hydrogen) atoms. The van der Waals surface area contributed by atoms with Crippen LogP contribution in [-0.4, -0.2) is 51.2 Å². The van der Waals surface area contributed by atoms with Crippen LogP contribution in [0.25, 0.3) is 0 Å². The number of nitrogens with two attached hydrogens (primary N) is 1. The second-order valence-corrected chi connectivity index (χ2v) is 9.34. The Balaban J connectivity index is 1.87. The van der Waals surface area contributed by atoms with E-state index in [2.05, 4.69) is 15.3 Å². The van der Waals surface area contributed by atoms with Crippen molar-refractivity contribution in [3.63, 3.8) is 0 Å². The van der Waals surface area contributed by atoms with Gasteiger partial charge in [0, 0.05) is 22.6 Å². The van der Waals surface area contributed by atoms with Crippen molar-refractivity contribution in [2.24, 2.45) is 10.7 Å². The molecule has 3 N–H and O–H groups in total. The van der Waals surface area contributed by atoms with Crippen molar-refractivity contribution < 1.29 is 22.7 Å². The normalized spacial score (nSPS) is 23.3. The summed E-state index contributed by atoms with van der Waals surface area (Å²) in [7, 11) is 5.65. The number of hydrogen-bond donors (Lipinski definition) is 2. The Morgan fingerprint density at radius 1 is 1.22 bits per heavy atom. The zero-order valence-corrected chi connectivity index (χ0v) is 18.7. The average molecular weight is 442 g/mol. The highest BCUT2D eigenvalue weighted by molar-refractivity contribution is 6.58. The van der Waals surface area contributed by atoms with E-state index in [4.69, 9.17) is 10.5 Å². The molecule has 2 atom stereocenters. The summed E-state index contributed by atoms with van der Waals surface area (Å²) in [6.45, 7) is 2.85. The fraction of sp³-hybridized carbons (Fsp3) is 0.350. The number of carbonyl (C=O) groups is 1. The number of amides is 1. The molecule has 1 aromatic heterocycles. The lowest BCUT2D eigenvalue weighted by Crippen LogP contribution is -2.45. The van der Waals surface area contributed by atoms with Crippen molar-refractivity contribution in [1.82, 2.24) is 4.98 Å². The maximum Gasteiger partial charge on any atom is 0.274 e. The Bertz CT molecular complexity index is 1070. The summed E-state index contributed by atoms with van der Waals surface area (Å²) in [6, 6.07) is 5.21. The molecule has 0 aliphatic carbocycles. The predicted molar refractivity (Wildman–Crippen MR) is 125 cm³/mol. The minimum Gasteiger partial charge on any atom is -0.512 e. The molecular weight excluding hydrogens is 418 g/mol. The van der Waals surface area contributed by atoms with E-state index >= 15 is 0 Å². The number of nitrogens with one attached hydrogen (secondary N) is 1. The fourth-order valence-corrected chi connectivity index (χ4v) is 3.42. The number of pyridine rings is 1. The number of anilines is 1. The van der Waals surface area contributed by atoms with E-state index in [9.17, 15) is 18.0 Å². The number of hydrogen-bond acceptors (Lipinski definition) is 5. The minimum absolute atomic E-state index is 0.00336. The van der Waals surface area contributed by atoms with Crippen molar-refractivity contribution in [3.05, 3.63) is 53.4 Å². The SMILES string of the molecule is BC(B)(B)Oc1ccc(C(=O)Nc2cc(F)c(F)c([C@]3(C)CC[C@@](C)(F)C(N)=N3)c2)nc1. The van der Waals surface area contributed by atoms with Crippen LogP contribution in [0.15, 0.2) is 35.5 Å². The van der Waals surface area contributed by atoms with Gasteiger partial charge in [0.15, 0.2) is 17.3 Å². The van der Waals surface area contributed by atoms with Crippen LogP contribution in [-0.2, 0) is 5.54 Å². The van der Waals surface area contributed by atoms with Crippen molar-refractivity contribution in [2.75, 3.05) is 5.32 Å². The summed E-state index contributed by atoms with van der Waals surface area (Å²) in [5.74, 6) is -2.68. The van der Waals surface area contributed by atoms with Crippen molar-refractivity contribution in [2.45, 2.75) is 43.2 Å². The van der Waals surface area contributed by atoms with Crippen LogP contribution in [0.5, 0.6) is 5.75 Å². The number of aromatic nitrogens is 1. The largest absolute Gasteiger partial charge is 0.512 e. The molecule has 0 saturated carbocycles. The molecule has 3 rings (SSSR count). The van der Waals surface area contributed by atoms with Crippen LogP contribution in [0.3, 0.4) is 0 Å². The number of carbonyl (C=O) groups excluding carboxylic acids is 1. The van der Waals surface area contributed by atoms with Gasteiger partial charge in [-0.25, -0.2) is 18.2 Å². The highest BCUT2D eigenvalue weighted by Gasteiger charge is 2.42. The zero-order valence-electron chi connectivity index (χ0n) is 18.7.